The van der Waals surface area contributed by atoms with E-state index in [4.69, 9.17) is 0 Å². The molecule has 72 heavy (non-hydrogen) atoms. The topological polar surface area (TPSA) is 210 Å². The van der Waals surface area contributed by atoms with Gasteiger partial charge in [-0.1, -0.05) is 140 Å². The van der Waals surface area contributed by atoms with E-state index in [2.05, 4.69) is 71.6 Å². The highest BCUT2D eigenvalue weighted by molar-refractivity contribution is 6.11. The maximum atomic E-state index is 11.5. The molecule has 11 rings (SSSR count). The summed E-state index contributed by atoms with van der Waals surface area (Å²) in [6.45, 7) is 0. The molecule has 0 unspecified atom stereocenters. The van der Waals surface area contributed by atoms with Crippen LogP contribution in [-0.2, 0) is 0 Å². The monoisotopic (exact) mass is 950 g/mol. The van der Waals surface area contributed by atoms with Gasteiger partial charge in [-0.3, -0.25) is 0 Å². The van der Waals surface area contributed by atoms with E-state index in [1.807, 2.05) is 114 Å². The third-order valence-electron chi connectivity index (χ3n) is 13.1. The van der Waals surface area contributed by atoms with Gasteiger partial charge in [-0.2, -0.15) is 0 Å². The van der Waals surface area contributed by atoms with E-state index in [0.29, 0.717) is 11.0 Å². The average Bonchev–Trinajstić information content (AvgIpc) is 3.75. The summed E-state index contributed by atoms with van der Waals surface area (Å²) in [7, 11) is 0. The van der Waals surface area contributed by atoms with Crippen LogP contribution in [0.25, 0.3) is 83.1 Å². The molecule has 1 heterocycles. The molecule has 12 nitrogen and oxygen atoms in total. The summed E-state index contributed by atoms with van der Waals surface area (Å²) in [5.41, 5.74) is 8.68. The quantitative estimate of drug-likeness (QED) is 0.0486. The lowest BCUT2D eigenvalue weighted by Gasteiger charge is -2.28. The van der Waals surface area contributed by atoms with Crippen molar-refractivity contribution in [2.45, 2.75) is 0 Å². The van der Waals surface area contributed by atoms with Crippen LogP contribution in [0.5, 0.6) is 57.5 Å². The Kier molecular flexibility index (Phi) is 10.7. The molecule has 11 aromatic rings. The SMILES string of the molecule is Oc1c(O)c(O)c(-c2ccc(-n3c4ccccc4c4ccc(-c5ccccc5-c5ccccc5N(c5ccccc5)c5cccc(-c6ccccc6)c5)cc43)c(-c3c(O)c(O)c(O)c(O)c3O)c2)c(O)c1O. The first-order valence-electron chi connectivity index (χ1n) is 22.7. The lowest BCUT2D eigenvalue weighted by atomic mass is 9.92. The molecule has 0 aliphatic rings. The Morgan fingerprint density at radius 3 is 1.46 bits per heavy atom. The third-order valence-corrected chi connectivity index (χ3v) is 13.1. The van der Waals surface area contributed by atoms with Crippen LogP contribution in [-0.4, -0.2) is 55.6 Å². The van der Waals surface area contributed by atoms with E-state index in [9.17, 15) is 51.1 Å². The highest BCUT2D eigenvalue weighted by atomic mass is 16.4. The minimum Gasteiger partial charge on any atom is -0.504 e. The van der Waals surface area contributed by atoms with Gasteiger partial charge in [0.15, 0.2) is 23.0 Å². The summed E-state index contributed by atoms with van der Waals surface area (Å²) >= 11 is 0. The number of benzene rings is 10. The van der Waals surface area contributed by atoms with Gasteiger partial charge in [-0.15, -0.1) is 0 Å². The highest BCUT2D eigenvalue weighted by Gasteiger charge is 2.30. The molecule has 10 aromatic carbocycles. The van der Waals surface area contributed by atoms with Crippen molar-refractivity contribution in [3.05, 3.63) is 194 Å². The Labute approximate surface area is 410 Å². The first-order chi connectivity index (χ1) is 34.9. The van der Waals surface area contributed by atoms with Gasteiger partial charge in [0.05, 0.1) is 33.5 Å². The minimum atomic E-state index is -1.19. The summed E-state index contributed by atoms with van der Waals surface area (Å²) < 4.78 is 1.84. The molecule has 0 aliphatic heterocycles. The summed E-state index contributed by atoms with van der Waals surface area (Å²) in [6, 6.07) is 62.9. The van der Waals surface area contributed by atoms with E-state index in [1.165, 1.54) is 18.2 Å². The van der Waals surface area contributed by atoms with Crippen LogP contribution in [0.3, 0.4) is 0 Å². The normalized spacial score (nSPS) is 11.3. The maximum absolute atomic E-state index is 11.5. The molecule has 0 spiro atoms. The molecule has 1 aromatic heterocycles. The van der Waals surface area contributed by atoms with Crippen LogP contribution in [0.1, 0.15) is 0 Å². The molecule has 0 amide bonds. The van der Waals surface area contributed by atoms with Crippen LogP contribution in [0.15, 0.2) is 194 Å². The number of para-hydroxylation sites is 3. The van der Waals surface area contributed by atoms with Gasteiger partial charge in [-0.05, 0) is 88.0 Å². The van der Waals surface area contributed by atoms with Crippen molar-refractivity contribution in [2.24, 2.45) is 0 Å². The zero-order valence-corrected chi connectivity index (χ0v) is 37.8. The van der Waals surface area contributed by atoms with Gasteiger partial charge < -0.3 is 60.5 Å². The van der Waals surface area contributed by atoms with Crippen molar-refractivity contribution >= 4 is 38.9 Å². The number of anilines is 3. The Balaban J connectivity index is 1.14. The van der Waals surface area contributed by atoms with Gasteiger partial charge in [0.1, 0.15) is 0 Å². The highest BCUT2D eigenvalue weighted by Crippen LogP contribution is 2.59. The molecule has 0 bridgehead atoms. The lowest BCUT2D eigenvalue weighted by molar-refractivity contribution is 0.330. The van der Waals surface area contributed by atoms with Crippen molar-refractivity contribution in [1.82, 2.24) is 4.57 Å². The van der Waals surface area contributed by atoms with Crippen LogP contribution >= 0.6 is 0 Å². The van der Waals surface area contributed by atoms with Gasteiger partial charge in [0, 0.05) is 33.3 Å². The van der Waals surface area contributed by atoms with Gasteiger partial charge >= 0.3 is 0 Å². The van der Waals surface area contributed by atoms with Crippen molar-refractivity contribution in [3.8, 4) is 119 Å². The molecule has 10 N–H and O–H groups in total. The second-order valence-electron chi connectivity index (χ2n) is 17.2. The number of hydrogen-bond acceptors (Lipinski definition) is 11. The molecule has 352 valence electrons. The Morgan fingerprint density at radius 1 is 0.278 bits per heavy atom. The number of rotatable bonds is 9. The van der Waals surface area contributed by atoms with Gasteiger partial charge in [0.2, 0.25) is 34.5 Å². The van der Waals surface area contributed by atoms with E-state index >= 15 is 0 Å². The van der Waals surface area contributed by atoms with Gasteiger partial charge in [0.25, 0.3) is 0 Å². The van der Waals surface area contributed by atoms with Crippen LogP contribution in [0, 0.1) is 0 Å². The second kappa shape index (κ2) is 17.4. The summed E-state index contributed by atoms with van der Waals surface area (Å²) in [6.07, 6.45) is 0. The second-order valence-corrected chi connectivity index (χ2v) is 17.2. The molecule has 12 heteroatoms. The van der Waals surface area contributed by atoms with Crippen LogP contribution in [0.4, 0.5) is 17.1 Å². The molecule has 0 radical (unpaired) electrons. The van der Waals surface area contributed by atoms with E-state index in [0.717, 1.165) is 61.2 Å². The predicted molar refractivity (Wildman–Crippen MR) is 279 cm³/mol. The van der Waals surface area contributed by atoms with Crippen molar-refractivity contribution in [3.63, 3.8) is 0 Å². The minimum absolute atomic E-state index is 0.120. The summed E-state index contributed by atoms with van der Waals surface area (Å²) in [5.74, 6) is -11.0. The molecule has 0 saturated carbocycles. The van der Waals surface area contributed by atoms with E-state index < -0.39 is 68.6 Å². The smallest absolute Gasteiger partial charge is 0.208 e. The summed E-state index contributed by atoms with van der Waals surface area (Å²) in [5, 5.41) is 110. The first kappa shape index (κ1) is 44.3. The molecular formula is C60H42N2O10. The molecule has 0 fully saturated rings. The van der Waals surface area contributed by atoms with E-state index in [1.54, 1.807) is 0 Å². The fourth-order valence-electron chi connectivity index (χ4n) is 9.71. The van der Waals surface area contributed by atoms with Gasteiger partial charge in [-0.25, -0.2) is 0 Å². The number of aromatic nitrogens is 1. The van der Waals surface area contributed by atoms with Crippen molar-refractivity contribution < 1.29 is 51.1 Å². The zero-order chi connectivity index (χ0) is 49.9. The number of nitrogens with zero attached hydrogens (tertiary/aromatic N) is 2. The first-order valence-corrected chi connectivity index (χ1v) is 22.7. The van der Waals surface area contributed by atoms with Crippen molar-refractivity contribution in [1.29, 1.82) is 0 Å². The Bertz CT molecular complexity index is 3890. The molecule has 0 aliphatic carbocycles. The van der Waals surface area contributed by atoms with E-state index in [-0.39, 0.29) is 16.8 Å². The third kappa shape index (κ3) is 7.09. The Hall–Kier alpha value is -10.2. The Morgan fingerprint density at radius 2 is 0.778 bits per heavy atom. The molecular weight excluding hydrogens is 909 g/mol. The lowest BCUT2D eigenvalue weighted by Crippen LogP contribution is -2.11. The number of fused-ring (bicyclic) bond motifs is 3. The van der Waals surface area contributed by atoms with Crippen molar-refractivity contribution in [2.75, 3.05) is 4.90 Å². The average molecular weight is 951 g/mol. The number of phenolic OH excluding ortho intramolecular Hbond substituents is 10. The zero-order valence-electron chi connectivity index (χ0n) is 37.8. The fourth-order valence-corrected chi connectivity index (χ4v) is 9.71. The number of aromatic hydroxyl groups is 10. The van der Waals surface area contributed by atoms with Crippen LogP contribution in [0.2, 0.25) is 0 Å². The molecule has 0 atom stereocenters. The van der Waals surface area contributed by atoms with Crippen LogP contribution < -0.4 is 4.90 Å². The predicted octanol–water partition coefficient (Wildman–Crippen LogP) is 13.6. The molecule has 0 saturated heterocycles. The number of hydrogen-bond donors (Lipinski definition) is 10. The largest absolute Gasteiger partial charge is 0.504 e. The maximum Gasteiger partial charge on any atom is 0.208 e. The summed E-state index contributed by atoms with van der Waals surface area (Å²) in [4.78, 5) is 2.24. The fraction of sp³-hybridized carbons (Fsp3) is 0. The standard InChI is InChI=1S/C60H42N2O10/c63-51-49(52(64)56(68)59(71)55(51)67)36-27-29-47(44(31-36)50-53(65)57(69)60(72)58(70)54(50)66)62-46-25-12-10-23-42(46)43-28-26-35(32-48(43)62)39-20-7-8-21-40(39)41-22-9-11-24-45(41)61(37-17-5-2-6-18-37)38-19-13-16-34(30-38)33-14-3-1-4-15-33/h1-32,63-72H. The number of phenols is 10.